The number of anilines is 1. The molecule has 116 valence electrons. The number of nitrogen functional groups attached to an aromatic ring is 1. The van der Waals surface area contributed by atoms with Gasteiger partial charge in [-0.1, -0.05) is 29.8 Å². The normalized spacial score (nSPS) is 10.5. The van der Waals surface area contributed by atoms with E-state index < -0.39 is 11.8 Å². The number of aromatic nitrogens is 1. The number of carbonyl (C=O) groups excluding carboxylic acids is 2. The van der Waals surface area contributed by atoms with Gasteiger partial charge in [-0.25, -0.2) is 0 Å². The maximum Gasteiger partial charge on any atom is 0.286 e. The average molecular weight is 329 g/mol. The van der Waals surface area contributed by atoms with Crippen molar-refractivity contribution in [3.8, 4) is 0 Å². The van der Waals surface area contributed by atoms with E-state index in [9.17, 15) is 9.59 Å². The third-order valence-electron chi connectivity index (χ3n) is 3.32. The lowest BCUT2D eigenvalue weighted by atomic mass is 10.2. The van der Waals surface area contributed by atoms with Gasteiger partial charge in [0.2, 0.25) is 0 Å². The van der Waals surface area contributed by atoms with E-state index in [4.69, 9.17) is 17.3 Å². The molecule has 23 heavy (non-hydrogen) atoms. The van der Waals surface area contributed by atoms with Crippen molar-refractivity contribution in [3.63, 3.8) is 0 Å². The first-order chi connectivity index (χ1) is 11.0. The molecule has 6 nitrogen and oxygen atoms in total. The molecule has 0 aliphatic heterocycles. The second-order valence-corrected chi connectivity index (χ2v) is 5.35. The molecule has 0 spiro atoms. The minimum Gasteiger partial charge on any atom is -0.398 e. The minimum atomic E-state index is -0.490. The van der Waals surface area contributed by atoms with E-state index in [2.05, 4.69) is 15.8 Å². The van der Waals surface area contributed by atoms with Crippen LogP contribution in [0.25, 0.3) is 10.9 Å². The van der Waals surface area contributed by atoms with E-state index in [1.165, 1.54) is 0 Å². The summed E-state index contributed by atoms with van der Waals surface area (Å²) in [7, 11) is 0. The number of nitrogens with one attached hydrogen (secondary N) is 3. The molecule has 0 saturated heterocycles. The first kappa shape index (κ1) is 14.9. The highest BCUT2D eigenvalue weighted by Gasteiger charge is 2.13. The quantitative estimate of drug-likeness (QED) is 0.429. The van der Waals surface area contributed by atoms with Crippen molar-refractivity contribution in [2.75, 3.05) is 5.73 Å². The highest BCUT2D eigenvalue weighted by atomic mass is 35.5. The first-order valence-electron chi connectivity index (χ1n) is 6.78. The molecule has 1 aromatic heterocycles. The number of hydrogen-bond donors (Lipinski definition) is 4. The lowest BCUT2D eigenvalue weighted by Gasteiger charge is -2.08. The Morgan fingerprint density at radius 1 is 1.00 bits per heavy atom. The van der Waals surface area contributed by atoms with Gasteiger partial charge in [0.25, 0.3) is 11.8 Å². The maximum atomic E-state index is 12.1. The van der Waals surface area contributed by atoms with Gasteiger partial charge in [0, 0.05) is 21.6 Å². The summed E-state index contributed by atoms with van der Waals surface area (Å²) < 4.78 is 0. The van der Waals surface area contributed by atoms with Gasteiger partial charge >= 0.3 is 0 Å². The SMILES string of the molecule is Nc1ccccc1C(=O)NNC(=O)c1cc2ccc(Cl)cc2[nH]1. The fourth-order valence-electron chi connectivity index (χ4n) is 2.17. The molecular weight excluding hydrogens is 316 g/mol. The molecule has 0 fully saturated rings. The van der Waals surface area contributed by atoms with Crippen LogP contribution in [0.4, 0.5) is 5.69 Å². The zero-order valence-electron chi connectivity index (χ0n) is 11.9. The van der Waals surface area contributed by atoms with Crippen LogP contribution < -0.4 is 16.6 Å². The predicted molar refractivity (Wildman–Crippen MR) is 89.1 cm³/mol. The summed E-state index contributed by atoms with van der Waals surface area (Å²) in [5.41, 5.74) is 12.1. The Balaban J connectivity index is 1.71. The standard InChI is InChI=1S/C16H13ClN4O2/c17-10-6-5-9-7-14(19-13(9)8-10)16(23)21-20-15(22)11-3-1-2-4-12(11)18/h1-8,19H,18H2,(H,20,22)(H,21,23). The number of benzene rings is 2. The van der Waals surface area contributed by atoms with Crippen molar-refractivity contribution < 1.29 is 9.59 Å². The summed E-state index contributed by atoms with van der Waals surface area (Å²) in [4.78, 5) is 27.0. The zero-order valence-corrected chi connectivity index (χ0v) is 12.6. The fourth-order valence-corrected chi connectivity index (χ4v) is 2.35. The number of rotatable bonds is 2. The molecule has 1 heterocycles. The first-order valence-corrected chi connectivity index (χ1v) is 7.16. The molecule has 0 aliphatic rings. The number of carbonyl (C=O) groups is 2. The zero-order chi connectivity index (χ0) is 16.4. The molecule has 0 aliphatic carbocycles. The van der Waals surface area contributed by atoms with Crippen LogP contribution in [-0.2, 0) is 0 Å². The molecule has 0 radical (unpaired) electrons. The van der Waals surface area contributed by atoms with Gasteiger partial charge in [-0.2, -0.15) is 0 Å². The fraction of sp³-hybridized carbons (Fsp3) is 0. The molecule has 3 rings (SSSR count). The van der Waals surface area contributed by atoms with Crippen LogP contribution in [0.1, 0.15) is 20.8 Å². The highest BCUT2D eigenvalue weighted by Crippen LogP contribution is 2.19. The van der Waals surface area contributed by atoms with Gasteiger partial charge in [0.1, 0.15) is 5.69 Å². The average Bonchev–Trinajstić information content (AvgIpc) is 2.95. The Bertz CT molecular complexity index is 904. The monoisotopic (exact) mass is 328 g/mol. The lowest BCUT2D eigenvalue weighted by molar-refractivity contribution is 0.0845. The number of fused-ring (bicyclic) bond motifs is 1. The van der Waals surface area contributed by atoms with E-state index in [-0.39, 0.29) is 5.56 Å². The van der Waals surface area contributed by atoms with Gasteiger partial charge in [-0.05, 0) is 30.3 Å². The summed E-state index contributed by atoms with van der Waals surface area (Å²) in [5.74, 6) is -0.962. The van der Waals surface area contributed by atoms with Crippen LogP contribution >= 0.6 is 11.6 Å². The number of aromatic amines is 1. The third kappa shape index (κ3) is 3.12. The van der Waals surface area contributed by atoms with Crippen LogP contribution in [0.5, 0.6) is 0 Å². The van der Waals surface area contributed by atoms with Crippen LogP contribution in [-0.4, -0.2) is 16.8 Å². The Labute approximate surface area is 136 Å². The van der Waals surface area contributed by atoms with Crippen molar-refractivity contribution in [2.24, 2.45) is 0 Å². The molecule has 3 aromatic rings. The smallest absolute Gasteiger partial charge is 0.286 e. The Hall–Kier alpha value is -2.99. The van der Waals surface area contributed by atoms with E-state index in [0.29, 0.717) is 16.4 Å². The van der Waals surface area contributed by atoms with Gasteiger partial charge in [-0.3, -0.25) is 20.4 Å². The van der Waals surface area contributed by atoms with Crippen LogP contribution in [0, 0.1) is 0 Å². The number of nitrogens with two attached hydrogens (primary N) is 1. The molecule has 0 bridgehead atoms. The predicted octanol–water partition coefficient (Wildman–Crippen LogP) is 2.48. The van der Waals surface area contributed by atoms with E-state index in [1.54, 1.807) is 48.5 Å². The summed E-state index contributed by atoms with van der Waals surface area (Å²) in [6.07, 6.45) is 0. The summed E-state index contributed by atoms with van der Waals surface area (Å²) in [6.45, 7) is 0. The molecule has 7 heteroatoms. The Morgan fingerprint density at radius 3 is 2.52 bits per heavy atom. The molecule has 2 aromatic carbocycles. The van der Waals surface area contributed by atoms with Crippen molar-refractivity contribution in [1.82, 2.24) is 15.8 Å². The van der Waals surface area contributed by atoms with E-state index >= 15 is 0 Å². The second kappa shape index (κ2) is 6.02. The maximum absolute atomic E-state index is 12.1. The summed E-state index contributed by atoms with van der Waals surface area (Å²) >= 11 is 5.90. The van der Waals surface area contributed by atoms with Crippen molar-refractivity contribution in [3.05, 3.63) is 64.8 Å². The molecule has 0 atom stereocenters. The number of H-pyrrole nitrogens is 1. The summed E-state index contributed by atoms with van der Waals surface area (Å²) in [6, 6.07) is 13.5. The number of halogens is 1. The van der Waals surface area contributed by atoms with Crippen LogP contribution in [0.15, 0.2) is 48.5 Å². The lowest BCUT2D eigenvalue weighted by Crippen LogP contribution is -2.42. The Kier molecular flexibility index (Phi) is 3.91. The van der Waals surface area contributed by atoms with E-state index in [0.717, 1.165) is 10.9 Å². The number of hydrogen-bond acceptors (Lipinski definition) is 3. The number of amides is 2. The number of hydrazine groups is 1. The molecule has 0 saturated carbocycles. The van der Waals surface area contributed by atoms with E-state index in [1.807, 2.05) is 0 Å². The van der Waals surface area contributed by atoms with Gasteiger partial charge in [0.05, 0.1) is 5.56 Å². The van der Waals surface area contributed by atoms with Gasteiger partial charge in [0.15, 0.2) is 0 Å². The van der Waals surface area contributed by atoms with Crippen LogP contribution in [0.3, 0.4) is 0 Å². The van der Waals surface area contributed by atoms with Crippen molar-refractivity contribution >= 4 is 40.0 Å². The van der Waals surface area contributed by atoms with Gasteiger partial charge < -0.3 is 10.7 Å². The van der Waals surface area contributed by atoms with Gasteiger partial charge in [-0.15, -0.1) is 0 Å². The minimum absolute atomic E-state index is 0.288. The van der Waals surface area contributed by atoms with Crippen molar-refractivity contribution in [1.29, 1.82) is 0 Å². The number of para-hydroxylation sites is 1. The van der Waals surface area contributed by atoms with Crippen LogP contribution in [0.2, 0.25) is 5.02 Å². The highest BCUT2D eigenvalue weighted by molar-refractivity contribution is 6.31. The third-order valence-corrected chi connectivity index (χ3v) is 3.56. The second-order valence-electron chi connectivity index (χ2n) is 4.91. The summed E-state index contributed by atoms with van der Waals surface area (Å²) in [5, 5.41) is 1.41. The van der Waals surface area contributed by atoms with Crippen molar-refractivity contribution in [2.45, 2.75) is 0 Å². The topological polar surface area (TPSA) is 100 Å². The Morgan fingerprint density at radius 2 is 1.74 bits per heavy atom. The largest absolute Gasteiger partial charge is 0.398 e. The molecule has 2 amide bonds. The molecular formula is C16H13ClN4O2. The molecule has 5 N–H and O–H groups in total. The molecule has 0 unspecified atom stereocenters.